The number of hydrogen-bond donors (Lipinski definition) is 1. The van der Waals surface area contributed by atoms with Gasteiger partial charge in [0, 0.05) is 30.4 Å². The largest absolute Gasteiger partial charge is 0.497 e. The van der Waals surface area contributed by atoms with E-state index < -0.39 is 30.1 Å². The van der Waals surface area contributed by atoms with Crippen LogP contribution in [0.25, 0.3) is 22.2 Å². The van der Waals surface area contributed by atoms with Crippen LogP contribution in [0, 0.1) is 6.92 Å². The highest BCUT2D eigenvalue weighted by atomic mass is 16.5. The normalized spacial score (nSPS) is 12.8. The molecule has 0 saturated heterocycles. The average molecular weight is 377 g/mol. The fourth-order valence-corrected chi connectivity index (χ4v) is 2.68. The predicted molar refractivity (Wildman–Crippen MR) is 107 cm³/mol. The van der Waals surface area contributed by atoms with E-state index in [1.165, 1.54) is 7.11 Å². The highest BCUT2D eigenvalue weighted by molar-refractivity contribution is 6.04. The lowest BCUT2D eigenvalue weighted by molar-refractivity contribution is 0.102. The molecular formula is C21H19N5O2. The van der Waals surface area contributed by atoms with E-state index in [1.807, 2.05) is 24.6 Å². The Morgan fingerprint density at radius 3 is 2.50 bits per heavy atom. The van der Waals surface area contributed by atoms with Crippen LogP contribution < -0.4 is 10.1 Å². The first kappa shape index (κ1) is 13.4. The van der Waals surface area contributed by atoms with Gasteiger partial charge in [-0.1, -0.05) is 0 Å². The van der Waals surface area contributed by atoms with E-state index in [0.29, 0.717) is 5.69 Å². The molecule has 0 bridgehead atoms. The molecule has 1 aromatic carbocycles. The second-order valence-electron chi connectivity index (χ2n) is 6.10. The third kappa shape index (κ3) is 3.29. The highest BCUT2D eigenvalue weighted by Gasteiger charge is 2.10. The molecule has 0 radical (unpaired) electrons. The first-order valence-electron chi connectivity index (χ1n) is 10.4. The SMILES string of the molecule is [2H]c1c([2H])c(C(=O)Nc2cc3cc(-c4cnc(C)n4C)ncc3cn2)c([2H])c([2H])c1OC. The van der Waals surface area contributed by atoms with Gasteiger partial charge in [-0.3, -0.25) is 9.78 Å². The molecule has 28 heavy (non-hydrogen) atoms. The number of pyridine rings is 2. The van der Waals surface area contributed by atoms with Gasteiger partial charge in [0.1, 0.15) is 17.4 Å². The molecule has 3 heterocycles. The number of nitrogens with one attached hydrogen (secondary N) is 1. The smallest absolute Gasteiger partial charge is 0.256 e. The fourth-order valence-electron chi connectivity index (χ4n) is 2.68. The van der Waals surface area contributed by atoms with E-state index in [0.717, 1.165) is 22.3 Å². The van der Waals surface area contributed by atoms with Crippen molar-refractivity contribution >= 4 is 22.5 Å². The van der Waals surface area contributed by atoms with Gasteiger partial charge in [-0.25, -0.2) is 9.97 Å². The van der Waals surface area contributed by atoms with Gasteiger partial charge in [0.15, 0.2) is 0 Å². The zero-order chi connectivity index (χ0) is 23.2. The third-order valence-corrected chi connectivity index (χ3v) is 4.36. The van der Waals surface area contributed by atoms with Gasteiger partial charge in [-0.05, 0) is 48.6 Å². The van der Waals surface area contributed by atoms with Crippen molar-refractivity contribution in [2.24, 2.45) is 7.05 Å². The molecule has 1 N–H and O–H groups in total. The number of aryl methyl sites for hydroxylation is 1. The number of anilines is 1. The molecule has 4 aromatic rings. The zero-order valence-electron chi connectivity index (χ0n) is 19.5. The van der Waals surface area contributed by atoms with Gasteiger partial charge < -0.3 is 14.6 Å². The van der Waals surface area contributed by atoms with Crippen LogP contribution in [0.2, 0.25) is 0 Å². The Hall–Kier alpha value is -3.74. The minimum absolute atomic E-state index is 0.202. The van der Waals surface area contributed by atoms with Crippen LogP contribution in [-0.2, 0) is 7.05 Å². The lowest BCUT2D eigenvalue weighted by Gasteiger charge is -2.08. The quantitative estimate of drug-likeness (QED) is 0.588. The number of imidazole rings is 1. The first-order chi connectivity index (χ1) is 15.2. The molecule has 0 spiro atoms. The fraction of sp³-hybridized carbons (Fsp3) is 0.143. The molecule has 0 aliphatic rings. The summed E-state index contributed by atoms with van der Waals surface area (Å²) in [6, 6.07) is 1.69. The topological polar surface area (TPSA) is 81.9 Å². The van der Waals surface area contributed by atoms with E-state index in [1.54, 1.807) is 24.7 Å². The lowest BCUT2D eigenvalue weighted by Crippen LogP contribution is -2.12. The van der Waals surface area contributed by atoms with E-state index in [2.05, 4.69) is 20.3 Å². The first-order valence-corrected chi connectivity index (χ1v) is 8.43. The number of carbonyl (C=O) groups excluding carboxylic acids is 1. The number of aromatic nitrogens is 4. The predicted octanol–water partition coefficient (Wildman–Crippen LogP) is 3.60. The summed E-state index contributed by atoms with van der Waals surface area (Å²) in [6.07, 6.45) is 4.97. The van der Waals surface area contributed by atoms with Crippen molar-refractivity contribution < 1.29 is 15.0 Å². The summed E-state index contributed by atoms with van der Waals surface area (Å²) < 4.78 is 38.9. The van der Waals surface area contributed by atoms with Gasteiger partial charge in [-0.15, -0.1) is 0 Å². The van der Waals surface area contributed by atoms with E-state index in [4.69, 9.17) is 10.2 Å². The van der Waals surface area contributed by atoms with E-state index in [-0.39, 0.29) is 17.1 Å². The summed E-state index contributed by atoms with van der Waals surface area (Å²) in [6.45, 7) is 1.90. The van der Waals surface area contributed by atoms with Crippen molar-refractivity contribution in [1.29, 1.82) is 0 Å². The van der Waals surface area contributed by atoms with Crippen molar-refractivity contribution in [3.63, 3.8) is 0 Å². The number of methoxy groups -OCH3 is 1. The third-order valence-electron chi connectivity index (χ3n) is 4.36. The number of nitrogens with zero attached hydrogens (tertiary/aromatic N) is 4. The van der Waals surface area contributed by atoms with Gasteiger partial charge in [-0.2, -0.15) is 0 Å². The van der Waals surface area contributed by atoms with Crippen LogP contribution in [-0.4, -0.2) is 32.5 Å². The molecule has 0 atom stereocenters. The maximum absolute atomic E-state index is 12.8. The number of fused-ring (bicyclic) bond motifs is 1. The number of rotatable bonds is 4. The Morgan fingerprint density at radius 2 is 1.82 bits per heavy atom. The molecule has 140 valence electrons. The lowest BCUT2D eigenvalue weighted by atomic mass is 10.1. The zero-order valence-corrected chi connectivity index (χ0v) is 15.5. The Bertz CT molecular complexity index is 1360. The van der Waals surface area contributed by atoms with Crippen LogP contribution in [0.15, 0.2) is 54.9 Å². The molecule has 0 fully saturated rings. The standard InChI is InChI=1S/C21H19N5O2/c1-13-22-12-19(26(13)2)18-8-15-9-20(24-11-16(15)10-23-18)25-21(27)14-4-6-17(28-3)7-5-14/h4-12H,1-3H3,(H,24,25,27)/i4D,5D,6D,7D. The van der Waals surface area contributed by atoms with Crippen molar-refractivity contribution in [2.75, 3.05) is 12.4 Å². The van der Waals surface area contributed by atoms with Crippen LogP contribution in [0.1, 0.15) is 21.7 Å². The van der Waals surface area contributed by atoms with Crippen LogP contribution in [0.4, 0.5) is 5.82 Å². The summed E-state index contributed by atoms with van der Waals surface area (Å²) in [5.41, 5.74) is 1.16. The van der Waals surface area contributed by atoms with Gasteiger partial charge in [0.05, 0.1) is 30.2 Å². The molecule has 0 saturated carbocycles. The average Bonchev–Trinajstić information content (AvgIpc) is 3.11. The summed E-state index contributed by atoms with van der Waals surface area (Å²) >= 11 is 0. The molecule has 0 aliphatic carbocycles. The van der Waals surface area contributed by atoms with Gasteiger partial charge in [0.25, 0.3) is 5.91 Å². The Morgan fingerprint density at radius 1 is 1.07 bits per heavy atom. The molecule has 0 aliphatic heterocycles. The Balaban J connectivity index is 1.71. The van der Waals surface area contributed by atoms with Crippen molar-refractivity contribution in [1.82, 2.24) is 19.5 Å². The summed E-state index contributed by atoms with van der Waals surface area (Å²) in [5, 5.41) is 4.10. The van der Waals surface area contributed by atoms with Crippen molar-refractivity contribution in [3.8, 4) is 17.1 Å². The monoisotopic (exact) mass is 377 g/mol. The van der Waals surface area contributed by atoms with Crippen molar-refractivity contribution in [2.45, 2.75) is 6.92 Å². The van der Waals surface area contributed by atoms with Gasteiger partial charge >= 0.3 is 0 Å². The molecule has 3 aromatic heterocycles. The molecule has 1 amide bonds. The van der Waals surface area contributed by atoms with Crippen LogP contribution >= 0.6 is 0 Å². The number of ether oxygens (including phenoxy) is 1. The Labute approximate surface area is 167 Å². The maximum atomic E-state index is 12.8. The summed E-state index contributed by atoms with van der Waals surface area (Å²) in [4.78, 5) is 25.8. The molecule has 4 rings (SSSR count). The van der Waals surface area contributed by atoms with E-state index in [9.17, 15) is 4.79 Å². The number of carbonyl (C=O) groups is 1. The second kappa shape index (κ2) is 7.11. The van der Waals surface area contributed by atoms with Gasteiger partial charge in [0.2, 0.25) is 0 Å². The Kier molecular flexibility index (Phi) is 3.41. The van der Waals surface area contributed by atoms with Crippen LogP contribution in [0.3, 0.4) is 0 Å². The number of amides is 1. The maximum Gasteiger partial charge on any atom is 0.256 e. The molecule has 7 nitrogen and oxygen atoms in total. The second-order valence-corrected chi connectivity index (χ2v) is 6.10. The minimum Gasteiger partial charge on any atom is -0.497 e. The molecule has 0 unspecified atom stereocenters. The van der Waals surface area contributed by atoms with Crippen molar-refractivity contribution in [3.05, 3.63) is 66.3 Å². The minimum atomic E-state index is -0.798. The highest BCUT2D eigenvalue weighted by Crippen LogP contribution is 2.23. The molecule has 7 heteroatoms. The molecular weight excluding hydrogens is 354 g/mol. The number of hydrogen-bond acceptors (Lipinski definition) is 5. The van der Waals surface area contributed by atoms with Crippen LogP contribution in [0.5, 0.6) is 5.75 Å². The summed E-state index contributed by atoms with van der Waals surface area (Å²) in [5.74, 6) is 0.0383. The van der Waals surface area contributed by atoms with E-state index >= 15 is 0 Å². The summed E-state index contributed by atoms with van der Waals surface area (Å²) in [7, 11) is 3.15. The number of benzene rings is 1.